The fraction of sp³-hybridized carbons (Fsp3) is 1.00. The molecule has 14 heavy (non-hydrogen) atoms. The van der Waals surface area contributed by atoms with Gasteiger partial charge in [0.25, 0.3) is 0 Å². The normalized spacial score (nSPS) is 34.1. The highest BCUT2D eigenvalue weighted by Crippen LogP contribution is 2.35. The molecule has 3 atom stereocenters. The molecule has 84 valence electrons. The summed E-state index contributed by atoms with van der Waals surface area (Å²) >= 11 is 0.135. The van der Waals surface area contributed by atoms with Crippen molar-refractivity contribution in [1.82, 2.24) is 0 Å². The zero-order valence-corrected chi connectivity index (χ0v) is 11.1. The number of hydrogen-bond donors (Lipinski definition) is 0. The van der Waals surface area contributed by atoms with Gasteiger partial charge in [0.1, 0.15) is 29.8 Å². The quantitative estimate of drug-likeness (QED) is 0.659. The Morgan fingerprint density at radius 2 is 1.86 bits per heavy atom. The summed E-state index contributed by atoms with van der Waals surface area (Å²) < 4.78 is 6.06. The molecular weight excluding hydrogens is 192 g/mol. The summed E-state index contributed by atoms with van der Waals surface area (Å²) in [5, 5.41) is 0. The van der Waals surface area contributed by atoms with Crippen molar-refractivity contribution in [2.75, 3.05) is 12.5 Å². The van der Waals surface area contributed by atoms with E-state index in [1.165, 1.54) is 19.3 Å². The first-order valence-corrected chi connectivity index (χ1v) is 7.72. The monoisotopic (exact) mass is 217 g/mol. The van der Waals surface area contributed by atoms with Gasteiger partial charge < -0.3 is 0 Å². The maximum atomic E-state index is 6.06. The first kappa shape index (κ1) is 12.4. The average Bonchev–Trinajstić information content (AvgIpc) is 2.01. The van der Waals surface area contributed by atoms with E-state index >= 15 is 0 Å². The minimum Gasteiger partial charge on any atom is -0.171 e. The van der Waals surface area contributed by atoms with Crippen molar-refractivity contribution in [2.24, 2.45) is 17.8 Å². The summed E-state index contributed by atoms with van der Waals surface area (Å²) in [6, 6.07) is 0. The molecule has 1 rings (SSSR count). The maximum absolute atomic E-state index is 6.06. The first-order valence-electron chi connectivity index (χ1n) is 5.75. The molecule has 0 bridgehead atoms. The van der Waals surface area contributed by atoms with Gasteiger partial charge in [-0.1, -0.05) is 27.2 Å². The van der Waals surface area contributed by atoms with Crippen LogP contribution in [0.15, 0.2) is 0 Å². The Balaban J connectivity index is 2.54. The zero-order chi connectivity index (χ0) is 10.7. The highest BCUT2D eigenvalue weighted by atomic mass is 32.2. The van der Waals surface area contributed by atoms with Gasteiger partial charge in [-0.25, -0.2) is 0 Å². The number of hydrogen-bond acceptors (Lipinski definition) is 1. The minimum atomic E-state index is 0.135. The van der Waals surface area contributed by atoms with E-state index in [1.807, 2.05) is 0 Å². The lowest BCUT2D eigenvalue weighted by atomic mass is 9.75. The van der Waals surface area contributed by atoms with Crippen molar-refractivity contribution in [2.45, 2.75) is 46.1 Å². The van der Waals surface area contributed by atoms with E-state index in [0.29, 0.717) is 6.10 Å². The molecule has 0 spiro atoms. The smallest absolute Gasteiger partial charge is 0.141 e. The van der Waals surface area contributed by atoms with Crippen LogP contribution in [0.3, 0.4) is 0 Å². The molecular formula is C12H25OS+. The molecule has 1 saturated carbocycles. The molecule has 0 aromatic heterocycles. The van der Waals surface area contributed by atoms with Crippen LogP contribution >= 0.6 is 0 Å². The molecule has 1 aliphatic carbocycles. The van der Waals surface area contributed by atoms with E-state index < -0.39 is 0 Å². The summed E-state index contributed by atoms with van der Waals surface area (Å²) in [6.45, 7) is 7.03. The highest BCUT2D eigenvalue weighted by molar-refractivity contribution is 7.90. The highest BCUT2D eigenvalue weighted by Gasteiger charge is 2.34. The number of rotatable bonds is 3. The third-order valence-electron chi connectivity index (χ3n) is 3.28. The molecule has 0 N–H and O–H groups in total. The SMILES string of the molecule is CC1CCC(C(C)C)C(O[S+](C)C)C1. The molecule has 0 radical (unpaired) electrons. The fourth-order valence-electron chi connectivity index (χ4n) is 2.47. The predicted octanol–water partition coefficient (Wildman–Crippen LogP) is 3.26. The van der Waals surface area contributed by atoms with Gasteiger partial charge in [0, 0.05) is 0 Å². The Morgan fingerprint density at radius 3 is 2.36 bits per heavy atom. The molecule has 3 unspecified atom stereocenters. The van der Waals surface area contributed by atoms with E-state index in [0.717, 1.165) is 17.8 Å². The van der Waals surface area contributed by atoms with E-state index in [2.05, 4.69) is 33.3 Å². The van der Waals surface area contributed by atoms with Crippen molar-refractivity contribution in [3.8, 4) is 0 Å². The van der Waals surface area contributed by atoms with Gasteiger partial charge in [-0.2, -0.15) is 4.18 Å². The maximum Gasteiger partial charge on any atom is 0.141 e. The van der Waals surface area contributed by atoms with Gasteiger partial charge in [-0.05, 0) is 30.6 Å². The van der Waals surface area contributed by atoms with Crippen molar-refractivity contribution in [3.05, 3.63) is 0 Å². The minimum absolute atomic E-state index is 0.135. The first-order chi connectivity index (χ1) is 6.50. The Hall–Kier alpha value is 0.310. The third kappa shape index (κ3) is 3.47. The molecule has 2 heteroatoms. The van der Waals surface area contributed by atoms with Crippen LogP contribution in [0, 0.1) is 17.8 Å². The van der Waals surface area contributed by atoms with Crippen LogP contribution in [0.25, 0.3) is 0 Å². The van der Waals surface area contributed by atoms with Gasteiger partial charge in [0.2, 0.25) is 0 Å². The van der Waals surface area contributed by atoms with E-state index in [9.17, 15) is 0 Å². The van der Waals surface area contributed by atoms with Gasteiger partial charge in [-0.15, -0.1) is 0 Å². The third-order valence-corrected chi connectivity index (χ3v) is 3.91. The fourth-order valence-corrected chi connectivity index (χ4v) is 3.19. The van der Waals surface area contributed by atoms with Crippen LogP contribution in [0.4, 0.5) is 0 Å². The molecule has 0 aromatic carbocycles. The lowest BCUT2D eigenvalue weighted by Gasteiger charge is -2.34. The summed E-state index contributed by atoms with van der Waals surface area (Å²) in [7, 11) is 0. The van der Waals surface area contributed by atoms with E-state index in [1.54, 1.807) is 0 Å². The van der Waals surface area contributed by atoms with Crippen LogP contribution in [0.1, 0.15) is 40.0 Å². The lowest BCUT2D eigenvalue weighted by Crippen LogP contribution is -2.35. The topological polar surface area (TPSA) is 9.23 Å². The molecule has 1 nitrogen and oxygen atoms in total. The van der Waals surface area contributed by atoms with Gasteiger partial charge in [0.05, 0.1) is 0 Å². The molecule has 1 aliphatic rings. The Bertz CT molecular complexity index is 166. The zero-order valence-electron chi connectivity index (χ0n) is 10.2. The molecule has 0 saturated heterocycles. The summed E-state index contributed by atoms with van der Waals surface area (Å²) in [6.07, 6.45) is 8.91. The molecule has 0 aliphatic heterocycles. The standard InChI is InChI=1S/C12H25OS/c1-9(2)11-7-6-10(3)8-12(11)13-14(4)5/h9-12H,6-8H2,1-5H3/q+1. The van der Waals surface area contributed by atoms with E-state index in [-0.39, 0.29) is 11.2 Å². The largest absolute Gasteiger partial charge is 0.171 e. The van der Waals surface area contributed by atoms with Gasteiger partial charge >= 0.3 is 0 Å². The molecule has 1 fully saturated rings. The van der Waals surface area contributed by atoms with Crippen LogP contribution in [0.5, 0.6) is 0 Å². The van der Waals surface area contributed by atoms with Gasteiger partial charge in [-0.3, -0.25) is 0 Å². The summed E-state index contributed by atoms with van der Waals surface area (Å²) in [5.41, 5.74) is 0. The average molecular weight is 217 g/mol. The molecule has 0 heterocycles. The van der Waals surface area contributed by atoms with Crippen LogP contribution in [-0.4, -0.2) is 18.6 Å². The van der Waals surface area contributed by atoms with Crippen molar-refractivity contribution in [1.29, 1.82) is 0 Å². The van der Waals surface area contributed by atoms with Gasteiger partial charge in [0.15, 0.2) is 0 Å². The predicted molar refractivity (Wildman–Crippen MR) is 65.4 cm³/mol. The molecule has 0 aromatic rings. The van der Waals surface area contributed by atoms with Crippen molar-refractivity contribution in [3.63, 3.8) is 0 Å². The summed E-state index contributed by atoms with van der Waals surface area (Å²) in [5.74, 6) is 2.43. The van der Waals surface area contributed by atoms with Crippen LogP contribution in [0.2, 0.25) is 0 Å². The van der Waals surface area contributed by atoms with Crippen molar-refractivity contribution < 1.29 is 4.18 Å². The second-order valence-electron chi connectivity index (χ2n) is 5.20. The van der Waals surface area contributed by atoms with E-state index in [4.69, 9.17) is 4.18 Å². The lowest BCUT2D eigenvalue weighted by molar-refractivity contribution is 0.0594. The van der Waals surface area contributed by atoms with Crippen LogP contribution < -0.4 is 0 Å². The Kier molecular flexibility index (Phi) is 4.78. The summed E-state index contributed by atoms with van der Waals surface area (Å²) in [4.78, 5) is 0. The van der Waals surface area contributed by atoms with Crippen molar-refractivity contribution >= 4 is 11.2 Å². The Labute approximate surface area is 92.2 Å². The second-order valence-corrected chi connectivity index (χ2v) is 6.88. The Morgan fingerprint density at radius 1 is 1.21 bits per heavy atom. The second kappa shape index (κ2) is 5.41. The molecule has 0 amide bonds. The van der Waals surface area contributed by atoms with Crippen LogP contribution in [-0.2, 0) is 15.4 Å².